The number of aromatic nitrogens is 1. The van der Waals surface area contributed by atoms with Crippen molar-refractivity contribution in [1.29, 1.82) is 5.26 Å². The van der Waals surface area contributed by atoms with E-state index >= 15 is 0 Å². The van der Waals surface area contributed by atoms with Crippen molar-refractivity contribution in [3.8, 4) is 6.07 Å². The lowest BCUT2D eigenvalue weighted by Gasteiger charge is -2.25. The number of urea groups is 1. The largest absolute Gasteiger partial charge is 0.322 e. The first-order valence-corrected chi connectivity index (χ1v) is 14.1. The van der Waals surface area contributed by atoms with Gasteiger partial charge in [0.05, 0.1) is 23.4 Å². The molecule has 1 saturated heterocycles. The van der Waals surface area contributed by atoms with Crippen LogP contribution in [0.2, 0.25) is 0 Å². The monoisotopic (exact) mass is 528 g/mol. The summed E-state index contributed by atoms with van der Waals surface area (Å²) >= 11 is 1.57. The van der Waals surface area contributed by atoms with Crippen molar-refractivity contribution in [3.05, 3.63) is 75.8 Å². The number of thiazole rings is 1. The molecule has 2 aromatic carbocycles. The van der Waals surface area contributed by atoms with Gasteiger partial charge in [-0.25, -0.2) is 9.78 Å². The molecule has 3 amide bonds. The predicted molar refractivity (Wildman–Crippen MR) is 149 cm³/mol. The third kappa shape index (κ3) is 5.87. The lowest BCUT2D eigenvalue weighted by Crippen LogP contribution is -2.34. The van der Waals surface area contributed by atoms with Crippen LogP contribution in [0.5, 0.6) is 0 Å². The van der Waals surface area contributed by atoms with Gasteiger partial charge in [0.2, 0.25) is 0 Å². The van der Waals surface area contributed by atoms with E-state index in [1.165, 1.54) is 4.88 Å². The summed E-state index contributed by atoms with van der Waals surface area (Å²) in [6.45, 7) is 3.84. The highest BCUT2D eigenvalue weighted by Gasteiger charge is 2.30. The van der Waals surface area contributed by atoms with Crippen molar-refractivity contribution < 1.29 is 9.59 Å². The number of anilines is 2. The Bertz CT molecular complexity index is 1350. The van der Waals surface area contributed by atoms with Gasteiger partial charge in [-0.2, -0.15) is 5.26 Å². The molecule has 0 bridgehead atoms. The van der Waals surface area contributed by atoms with Gasteiger partial charge in [0, 0.05) is 28.7 Å². The molecule has 2 heterocycles. The summed E-state index contributed by atoms with van der Waals surface area (Å²) in [6, 6.07) is 16.6. The van der Waals surface area contributed by atoms with Gasteiger partial charge in [0.1, 0.15) is 0 Å². The third-order valence-corrected chi connectivity index (χ3v) is 8.19. The first kappa shape index (κ1) is 25.9. The molecule has 0 spiro atoms. The molecule has 1 aliphatic heterocycles. The number of nitriles is 1. The average molecular weight is 529 g/mol. The van der Waals surface area contributed by atoms with Gasteiger partial charge in [-0.05, 0) is 87.0 Å². The Labute approximate surface area is 227 Å². The molecule has 38 heavy (non-hydrogen) atoms. The summed E-state index contributed by atoms with van der Waals surface area (Å²) in [5, 5.41) is 19.2. The molecule has 5 rings (SSSR count). The standard InChI is InChI=1S/C29H32N6O2S/c1-2-14-31-23-12-13-24-26(17-23)38-28(33-24)34-27(36)21-6-3-5-20(16-21)25-7-4-15-35(25)29(37)32-22-10-8-19(18-30)9-11-22/h3,5-6,8-11,16,23,25,31H,2,4,7,12-15,17H2,1H3,(H,32,37)(H,33,34,36)/t23-,25+/m0/s1. The molecule has 0 radical (unpaired) electrons. The Hall–Kier alpha value is -3.74. The van der Waals surface area contributed by atoms with Gasteiger partial charge in [-0.15, -0.1) is 11.3 Å². The number of carbonyl (C=O) groups excluding carboxylic acids is 2. The highest BCUT2D eigenvalue weighted by molar-refractivity contribution is 7.15. The van der Waals surface area contributed by atoms with E-state index in [1.54, 1.807) is 41.7 Å². The molecule has 2 aliphatic rings. The predicted octanol–water partition coefficient (Wildman–Crippen LogP) is 5.49. The quantitative estimate of drug-likeness (QED) is 0.375. The van der Waals surface area contributed by atoms with Crippen LogP contribution in [-0.2, 0) is 12.8 Å². The van der Waals surface area contributed by atoms with Crippen molar-refractivity contribution in [3.63, 3.8) is 0 Å². The van der Waals surface area contributed by atoms with Crippen LogP contribution in [0.15, 0.2) is 48.5 Å². The molecular formula is C29H32N6O2S. The number of benzene rings is 2. The zero-order valence-electron chi connectivity index (χ0n) is 21.5. The molecule has 8 nitrogen and oxygen atoms in total. The van der Waals surface area contributed by atoms with Gasteiger partial charge in [-0.3, -0.25) is 10.1 Å². The number of likely N-dealkylation sites (tertiary alicyclic amines) is 1. The minimum absolute atomic E-state index is 0.110. The number of amides is 3. The fourth-order valence-corrected chi connectivity index (χ4v) is 6.27. The summed E-state index contributed by atoms with van der Waals surface area (Å²) in [5.41, 5.74) is 3.78. The van der Waals surface area contributed by atoms with Gasteiger partial charge in [-0.1, -0.05) is 19.1 Å². The molecule has 3 N–H and O–H groups in total. The van der Waals surface area contributed by atoms with E-state index in [4.69, 9.17) is 10.2 Å². The van der Waals surface area contributed by atoms with Crippen LogP contribution in [0.1, 0.15) is 70.7 Å². The molecular weight excluding hydrogens is 496 g/mol. The highest BCUT2D eigenvalue weighted by atomic mass is 32.1. The zero-order valence-corrected chi connectivity index (χ0v) is 22.3. The number of nitrogens with zero attached hydrogens (tertiary/aromatic N) is 3. The molecule has 1 aliphatic carbocycles. The summed E-state index contributed by atoms with van der Waals surface area (Å²) in [6.07, 6.45) is 5.80. The Balaban J connectivity index is 1.24. The van der Waals surface area contributed by atoms with Crippen LogP contribution in [0.25, 0.3) is 0 Å². The Kier molecular flexibility index (Phi) is 8.01. The number of hydrogen-bond donors (Lipinski definition) is 3. The molecule has 2 atom stereocenters. The smallest absolute Gasteiger partial charge is 0.317 e. The summed E-state index contributed by atoms with van der Waals surface area (Å²) in [7, 11) is 0. The van der Waals surface area contributed by atoms with E-state index in [9.17, 15) is 9.59 Å². The third-order valence-electron chi connectivity index (χ3n) is 7.16. The lowest BCUT2D eigenvalue weighted by atomic mass is 9.98. The van der Waals surface area contributed by atoms with Crippen molar-refractivity contribution in [2.45, 2.75) is 57.5 Å². The van der Waals surface area contributed by atoms with Gasteiger partial charge < -0.3 is 15.5 Å². The summed E-state index contributed by atoms with van der Waals surface area (Å²) < 4.78 is 0. The Morgan fingerprint density at radius 1 is 1.16 bits per heavy atom. The number of carbonyl (C=O) groups is 2. The van der Waals surface area contributed by atoms with E-state index in [2.05, 4.69) is 28.9 Å². The second-order valence-electron chi connectivity index (χ2n) is 9.83. The van der Waals surface area contributed by atoms with Crippen molar-refractivity contribution in [2.75, 3.05) is 23.7 Å². The number of nitrogens with one attached hydrogen (secondary N) is 3. The molecule has 3 aromatic rings. The van der Waals surface area contributed by atoms with Crippen LogP contribution in [0.3, 0.4) is 0 Å². The summed E-state index contributed by atoms with van der Waals surface area (Å²) in [5.74, 6) is -0.190. The van der Waals surface area contributed by atoms with Crippen molar-refractivity contribution >= 4 is 34.1 Å². The maximum Gasteiger partial charge on any atom is 0.322 e. The van der Waals surface area contributed by atoms with E-state index in [-0.39, 0.29) is 18.0 Å². The number of hydrogen-bond acceptors (Lipinski definition) is 6. The molecule has 196 valence electrons. The second kappa shape index (κ2) is 11.8. The maximum absolute atomic E-state index is 13.1. The van der Waals surface area contributed by atoms with Crippen LogP contribution in [0, 0.1) is 11.3 Å². The average Bonchev–Trinajstić information content (AvgIpc) is 3.59. The van der Waals surface area contributed by atoms with Gasteiger partial charge in [0.25, 0.3) is 5.91 Å². The number of fused-ring (bicyclic) bond motifs is 1. The molecule has 9 heteroatoms. The Morgan fingerprint density at radius 3 is 2.79 bits per heavy atom. The molecule has 0 saturated carbocycles. The van der Waals surface area contributed by atoms with Crippen LogP contribution >= 0.6 is 11.3 Å². The number of aryl methyl sites for hydroxylation is 1. The minimum Gasteiger partial charge on any atom is -0.317 e. The van der Waals surface area contributed by atoms with Crippen LogP contribution < -0.4 is 16.0 Å². The highest BCUT2D eigenvalue weighted by Crippen LogP contribution is 2.34. The zero-order chi connectivity index (χ0) is 26.5. The molecule has 1 aromatic heterocycles. The maximum atomic E-state index is 13.1. The minimum atomic E-state index is -0.190. The van der Waals surface area contributed by atoms with E-state index < -0.39 is 0 Å². The first-order chi connectivity index (χ1) is 18.5. The van der Waals surface area contributed by atoms with E-state index in [0.717, 1.165) is 56.3 Å². The van der Waals surface area contributed by atoms with Gasteiger partial charge >= 0.3 is 6.03 Å². The number of rotatable bonds is 7. The van der Waals surface area contributed by atoms with Crippen molar-refractivity contribution in [2.24, 2.45) is 0 Å². The van der Waals surface area contributed by atoms with E-state index in [0.29, 0.717) is 34.5 Å². The SMILES string of the molecule is CCCN[C@H]1CCc2nc(NC(=O)c3cccc([C@H]4CCCN4C(=O)Nc4ccc(C#N)cc4)c3)sc2C1. The van der Waals surface area contributed by atoms with Crippen LogP contribution in [-0.4, -0.2) is 41.0 Å². The fourth-order valence-electron chi connectivity index (χ4n) is 5.19. The van der Waals surface area contributed by atoms with Crippen LogP contribution in [0.4, 0.5) is 15.6 Å². The van der Waals surface area contributed by atoms with E-state index in [1.807, 2.05) is 23.1 Å². The van der Waals surface area contributed by atoms with Gasteiger partial charge in [0.15, 0.2) is 5.13 Å². The second-order valence-corrected chi connectivity index (χ2v) is 10.9. The normalized spacial score (nSPS) is 18.5. The Morgan fingerprint density at radius 2 is 2.00 bits per heavy atom. The fraction of sp³-hybridized carbons (Fsp3) is 0.379. The van der Waals surface area contributed by atoms with Crippen molar-refractivity contribution in [1.82, 2.24) is 15.2 Å². The lowest BCUT2D eigenvalue weighted by molar-refractivity contribution is 0.102. The topological polar surface area (TPSA) is 110 Å². The summed E-state index contributed by atoms with van der Waals surface area (Å²) in [4.78, 5) is 33.9. The molecule has 1 fully saturated rings. The first-order valence-electron chi connectivity index (χ1n) is 13.2. The molecule has 0 unspecified atom stereocenters.